The van der Waals surface area contributed by atoms with Crippen molar-refractivity contribution >= 4 is 17.3 Å². The molecule has 0 spiro atoms. The molecule has 174 valence electrons. The van der Waals surface area contributed by atoms with Gasteiger partial charge in [0.05, 0.1) is 17.8 Å². The molecule has 0 aliphatic carbocycles. The summed E-state index contributed by atoms with van der Waals surface area (Å²) in [5.74, 6) is -0.530. The van der Waals surface area contributed by atoms with Crippen molar-refractivity contribution in [3.8, 4) is 0 Å². The fraction of sp³-hybridized carbons (Fsp3) is 0.480. The van der Waals surface area contributed by atoms with Crippen LogP contribution in [0.3, 0.4) is 0 Å². The zero-order valence-electron chi connectivity index (χ0n) is 19.1. The molecule has 0 aromatic heterocycles. The van der Waals surface area contributed by atoms with Crippen LogP contribution < -0.4 is 26.2 Å². The number of carbonyl (C=O) groups is 1. The lowest BCUT2D eigenvalue weighted by Gasteiger charge is -2.40. The van der Waals surface area contributed by atoms with E-state index in [9.17, 15) is 9.18 Å². The molecule has 1 amide bonds. The molecule has 4 fully saturated rings. The summed E-state index contributed by atoms with van der Waals surface area (Å²) in [4.78, 5) is 17.9. The highest BCUT2D eigenvalue weighted by molar-refractivity contribution is 5.94. The first-order chi connectivity index (χ1) is 16.0. The molecule has 4 aliphatic rings. The van der Waals surface area contributed by atoms with Gasteiger partial charge in [-0.1, -0.05) is 24.3 Å². The van der Waals surface area contributed by atoms with Gasteiger partial charge >= 0.3 is 0 Å². The first-order valence-electron chi connectivity index (χ1n) is 11.9. The lowest BCUT2D eigenvalue weighted by atomic mass is 9.93. The fourth-order valence-corrected chi connectivity index (χ4v) is 6.08. The number of anilines is 2. The van der Waals surface area contributed by atoms with E-state index in [1.807, 2.05) is 13.0 Å². The third-order valence-electron chi connectivity index (χ3n) is 7.99. The van der Waals surface area contributed by atoms with Crippen LogP contribution in [-0.4, -0.2) is 55.1 Å². The third kappa shape index (κ3) is 3.52. The Bertz CT molecular complexity index is 1040. The molecule has 0 saturated carbocycles. The number of nitrogens with one attached hydrogen (secondary N) is 3. The van der Waals surface area contributed by atoms with Gasteiger partial charge in [0.25, 0.3) is 0 Å². The highest BCUT2D eigenvalue weighted by atomic mass is 19.1. The molecule has 3 N–H and O–H groups in total. The zero-order chi connectivity index (χ0) is 22.7. The van der Waals surface area contributed by atoms with Crippen LogP contribution in [0, 0.1) is 12.7 Å². The van der Waals surface area contributed by atoms with Crippen LogP contribution in [0.4, 0.5) is 15.8 Å². The van der Waals surface area contributed by atoms with Crippen LogP contribution in [0.25, 0.3) is 0 Å². The molecule has 6 rings (SSSR count). The van der Waals surface area contributed by atoms with Gasteiger partial charge in [-0.15, -0.1) is 0 Å². The Hall–Kier alpha value is -2.52. The molecule has 33 heavy (non-hydrogen) atoms. The number of hydrazine groups is 2. The van der Waals surface area contributed by atoms with Gasteiger partial charge in [-0.05, 0) is 56.1 Å². The number of rotatable bonds is 3. The minimum Gasteiger partial charge on any atom is -0.368 e. The molecular weight excluding hydrogens is 419 g/mol. The lowest BCUT2D eigenvalue weighted by molar-refractivity contribution is -0.121. The summed E-state index contributed by atoms with van der Waals surface area (Å²) >= 11 is 0. The summed E-state index contributed by atoms with van der Waals surface area (Å²) in [7, 11) is 2.25. The Labute approximate surface area is 193 Å². The summed E-state index contributed by atoms with van der Waals surface area (Å²) in [5.41, 5.74) is 13.5. The SMILES string of the molecule is Cc1cccc(F)c1N1NC2C(CC1=O)NNC2c1cccc(N2CC3CCC(C2)N3C)c1. The largest absolute Gasteiger partial charge is 0.368 e. The number of carbonyl (C=O) groups excluding carboxylic acids is 1. The quantitative estimate of drug-likeness (QED) is 0.667. The van der Waals surface area contributed by atoms with E-state index in [0.29, 0.717) is 24.2 Å². The van der Waals surface area contributed by atoms with Gasteiger partial charge in [-0.2, -0.15) is 0 Å². The van der Waals surface area contributed by atoms with Crippen LogP contribution in [0.2, 0.25) is 0 Å². The minimum atomic E-state index is -0.392. The molecule has 4 heterocycles. The van der Waals surface area contributed by atoms with Crippen LogP contribution in [0.1, 0.15) is 36.4 Å². The third-order valence-corrected chi connectivity index (χ3v) is 7.99. The highest BCUT2D eigenvalue weighted by Crippen LogP contribution is 2.35. The number of benzene rings is 2. The molecule has 8 heteroatoms. The van der Waals surface area contributed by atoms with Crippen molar-refractivity contribution in [2.75, 3.05) is 30.0 Å². The van der Waals surface area contributed by atoms with E-state index >= 15 is 0 Å². The van der Waals surface area contributed by atoms with E-state index in [2.05, 4.69) is 57.4 Å². The minimum absolute atomic E-state index is 0.0400. The van der Waals surface area contributed by atoms with Crippen LogP contribution in [0.15, 0.2) is 42.5 Å². The van der Waals surface area contributed by atoms with Crippen molar-refractivity contribution < 1.29 is 9.18 Å². The maximum Gasteiger partial charge on any atom is 0.243 e. The van der Waals surface area contributed by atoms with Crippen molar-refractivity contribution in [3.63, 3.8) is 0 Å². The summed E-state index contributed by atoms with van der Waals surface area (Å²) < 4.78 is 14.7. The van der Waals surface area contributed by atoms with E-state index in [4.69, 9.17) is 0 Å². The second-order valence-corrected chi connectivity index (χ2v) is 9.92. The summed E-state index contributed by atoms with van der Waals surface area (Å²) in [6.07, 6.45) is 2.85. The Balaban J connectivity index is 1.26. The second-order valence-electron chi connectivity index (χ2n) is 9.92. The Morgan fingerprint density at radius 3 is 2.55 bits per heavy atom. The molecule has 5 atom stereocenters. The second kappa shape index (κ2) is 8.06. The first-order valence-corrected chi connectivity index (χ1v) is 11.9. The van der Waals surface area contributed by atoms with Gasteiger partial charge in [-0.25, -0.2) is 20.3 Å². The maximum absolute atomic E-state index is 14.7. The maximum atomic E-state index is 14.7. The highest BCUT2D eigenvalue weighted by Gasteiger charge is 2.45. The molecular formula is C25H31FN6O. The van der Waals surface area contributed by atoms with E-state index < -0.39 is 5.82 Å². The van der Waals surface area contributed by atoms with Crippen LogP contribution >= 0.6 is 0 Å². The van der Waals surface area contributed by atoms with Gasteiger partial charge in [0.1, 0.15) is 5.82 Å². The van der Waals surface area contributed by atoms with Gasteiger partial charge in [0.2, 0.25) is 5.91 Å². The number of hydrogen-bond acceptors (Lipinski definition) is 6. The number of nitrogens with zero attached hydrogens (tertiary/aromatic N) is 3. The number of halogens is 1. The van der Waals surface area contributed by atoms with Crippen molar-refractivity contribution in [2.24, 2.45) is 0 Å². The van der Waals surface area contributed by atoms with Crippen molar-refractivity contribution in [3.05, 3.63) is 59.4 Å². The summed E-state index contributed by atoms with van der Waals surface area (Å²) in [6, 6.07) is 14.7. The standard InChI is InChI=1S/C25H31FN6O/c1-15-5-3-8-20(26)25(15)32-22(33)12-21-24(29-32)23(28-27-21)16-6-4-7-17(11-16)31-13-18-9-10-19(14-31)30(18)2/h3-8,11,18-19,21,23-24,27-29H,9-10,12-14H2,1-2H3. The average molecular weight is 451 g/mol. The number of aryl methyl sites for hydroxylation is 1. The van der Waals surface area contributed by atoms with Crippen molar-refractivity contribution in [2.45, 2.75) is 56.4 Å². The average Bonchev–Trinajstić information content (AvgIpc) is 3.27. The molecule has 2 bridgehead atoms. The number of fused-ring (bicyclic) bond motifs is 3. The van der Waals surface area contributed by atoms with E-state index in [1.54, 1.807) is 6.07 Å². The molecule has 7 nitrogen and oxygen atoms in total. The summed E-state index contributed by atoms with van der Waals surface area (Å²) in [5, 5.41) is 1.41. The lowest BCUT2D eigenvalue weighted by Crippen LogP contribution is -2.60. The van der Waals surface area contributed by atoms with E-state index in [0.717, 1.165) is 24.2 Å². The predicted octanol–water partition coefficient (Wildman–Crippen LogP) is 2.24. The Morgan fingerprint density at radius 2 is 1.79 bits per heavy atom. The van der Waals surface area contributed by atoms with Gasteiger partial charge in [0.15, 0.2) is 0 Å². The molecule has 4 aliphatic heterocycles. The summed E-state index contributed by atoms with van der Waals surface area (Å²) in [6.45, 7) is 3.95. The van der Waals surface area contributed by atoms with Crippen LogP contribution in [0.5, 0.6) is 0 Å². The van der Waals surface area contributed by atoms with Crippen molar-refractivity contribution in [1.82, 2.24) is 21.2 Å². The topological polar surface area (TPSA) is 62.9 Å². The molecule has 2 aromatic rings. The Morgan fingerprint density at radius 1 is 1.03 bits per heavy atom. The monoisotopic (exact) mass is 450 g/mol. The number of amides is 1. The normalized spacial score (nSPS) is 31.8. The van der Waals surface area contributed by atoms with E-state index in [-0.39, 0.29) is 24.0 Å². The number of para-hydroxylation sites is 1. The number of likely N-dealkylation sites (N-methyl/N-ethyl adjacent to an activating group) is 1. The molecule has 0 radical (unpaired) electrons. The molecule has 4 saturated heterocycles. The number of hydrogen-bond donors (Lipinski definition) is 3. The predicted molar refractivity (Wildman–Crippen MR) is 126 cm³/mol. The van der Waals surface area contributed by atoms with Gasteiger partial charge in [-0.3, -0.25) is 15.1 Å². The van der Waals surface area contributed by atoms with Gasteiger partial charge in [0, 0.05) is 43.3 Å². The van der Waals surface area contributed by atoms with Gasteiger partial charge < -0.3 is 4.90 Å². The zero-order valence-corrected chi connectivity index (χ0v) is 19.1. The molecule has 5 unspecified atom stereocenters. The molecule has 2 aromatic carbocycles. The van der Waals surface area contributed by atoms with E-state index in [1.165, 1.54) is 29.6 Å². The fourth-order valence-electron chi connectivity index (χ4n) is 6.08. The number of piperazine rings is 1. The Kier molecular flexibility index (Phi) is 5.14. The van der Waals surface area contributed by atoms with Crippen LogP contribution in [-0.2, 0) is 4.79 Å². The van der Waals surface area contributed by atoms with Crippen molar-refractivity contribution in [1.29, 1.82) is 0 Å². The smallest absolute Gasteiger partial charge is 0.243 e. The first kappa shape index (κ1) is 21.0.